The molecule has 1 aliphatic heterocycles. The maximum absolute atomic E-state index is 5.30. The Balaban J connectivity index is 2.05. The zero-order valence-electron chi connectivity index (χ0n) is 9.49. The normalized spacial score (nSPS) is 24.0. The van der Waals surface area contributed by atoms with Gasteiger partial charge in [-0.3, -0.25) is 0 Å². The van der Waals surface area contributed by atoms with Crippen LogP contribution in [0.3, 0.4) is 0 Å². The SMILES string of the molecule is CC[C@H](C)c1noc([C@@H]2CCCCN2)n1. The van der Waals surface area contributed by atoms with E-state index in [1.807, 2.05) is 0 Å². The van der Waals surface area contributed by atoms with Crippen LogP contribution in [0.5, 0.6) is 0 Å². The predicted octanol–water partition coefficient (Wildman–Crippen LogP) is 2.40. The van der Waals surface area contributed by atoms with Gasteiger partial charge in [0.15, 0.2) is 5.82 Å². The van der Waals surface area contributed by atoms with E-state index in [9.17, 15) is 0 Å². The maximum Gasteiger partial charge on any atom is 0.243 e. The highest BCUT2D eigenvalue weighted by molar-refractivity contribution is 4.97. The Morgan fingerprint density at radius 2 is 2.40 bits per heavy atom. The molecule has 1 aromatic heterocycles. The molecule has 4 nitrogen and oxygen atoms in total. The van der Waals surface area contributed by atoms with Crippen LogP contribution in [0.15, 0.2) is 4.52 Å². The average molecular weight is 209 g/mol. The quantitative estimate of drug-likeness (QED) is 0.830. The van der Waals surface area contributed by atoms with E-state index in [0.717, 1.165) is 31.1 Å². The third-order valence-electron chi connectivity index (χ3n) is 3.12. The van der Waals surface area contributed by atoms with E-state index < -0.39 is 0 Å². The largest absolute Gasteiger partial charge is 0.338 e. The summed E-state index contributed by atoms with van der Waals surface area (Å²) < 4.78 is 5.30. The van der Waals surface area contributed by atoms with Gasteiger partial charge in [-0.1, -0.05) is 25.4 Å². The molecule has 0 unspecified atom stereocenters. The van der Waals surface area contributed by atoms with Gasteiger partial charge in [0, 0.05) is 5.92 Å². The lowest BCUT2D eigenvalue weighted by Crippen LogP contribution is -2.27. The highest BCUT2D eigenvalue weighted by atomic mass is 16.5. The molecule has 0 aliphatic carbocycles. The van der Waals surface area contributed by atoms with Crippen molar-refractivity contribution in [2.45, 2.75) is 51.5 Å². The number of rotatable bonds is 3. The molecule has 2 rings (SSSR count). The van der Waals surface area contributed by atoms with Crippen molar-refractivity contribution >= 4 is 0 Å². The average Bonchev–Trinajstić information content (AvgIpc) is 2.78. The minimum atomic E-state index is 0.282. The fourth-order valence-electron chi connectivity index (χ4n) is 1.83. The smallest absolute Gasteiger partial charge is 0.243 e. The van der Waals surface area contributed by atoms with E-state index in [4.69, 9.17) is 4.52 Å². The molecule has 0 aromatic carbocycles. The van der Waals surface area contributed by atoms with Gasteiger partial charge in [0.1, 0.15) is 0 Å². The summed E-state index contributed by atoms with van der Waals surface area (Å²) in [6.45, 7) is 5.33. The fraction of sp³-hybridized carbons (Fsp3) is 0.818. The lowest BCUT2D eigenvalue weighted by atomic mass is 10.1. The number of hydrogen-bond donors (Lipinski definition) is 1. The first kappa shape index (κ1) is 10.6. The summed E-state index contributed by atoms with van der Waals surface area (Å²) in [6, 6.07) is 0.282. The van der Waals surface area contributed by atoms with Crippen molar-refractivity contribution in [1.29, 1.82) is 0 Å². The van der Waals surface area contributed by atoms with E-state index >= 15 is 0 Å². The second-order valence-corrected chi connectivity index (χ2v) is 4.30. The molecule has 1 N–H and O–H groups in total. The molecule has 1 fully saturated rings. The Morgan fingerprint density at radius 1 is 1.53 bits per heavy atom. The van der Waals surface area contributed by atoms with Gasteiger partial charge in [-0.25, -0.2) is 0 Å². The van der Waals surface area contributed by atoms with Gasteiger partial charge in [-0.15, -0.1) is 0 Å². The Hall–Kier alpha value is -0.900. The molecular weight excluding hydrogens is 190 g/mol. The first-order valence-corrected chi connectivity index (χ1v) is 5.88. The molecule has 1 aliphatic rings. The summed E-state index contributed by atoms with van der Waals surface area (Å²) in [5.41, 5.74) is 0. The number of hydrogen-bond acceptors (Lipinski definition) is 4. The summed E-state index contributed by atoms with van der Waals surface area (Å²) in [5.74, 6) is 2.01. The third-order valence-corrected chi connectivity index (χ3v) is 3.12. The molecule has 0 spiro atoms. The third kappa shape index (κ3) is 2.37. The molecule has 4 heteroatoms. The summed E-state index contributed by atoms with van der Waals surface area (Å²) in [5, 5.41) is 7.45. The second kappa shape index (κ2) is 4.75. The van der Waals surface area contributed by atoms with Crippen LogP contribution in [-0.2, 0) is 0 Å². The number of nitrogens with one attached hydrogen (secondary N) is 1. The molecule has 84 valence electrons. The molecule has 2 atom stereocenters. The first-order chi connectivity index (χ1) is 7.31. The van der Waals surface area contributed by atoms with Crippen molar-refractivity contribution in [3.63, 3.8) is 0 Å². The van der Waals surface area contributed by atoms with Gasteiger partial charge in [0.25, 0.3) is 0 Å². The lowest BCUT2D eigenvalue weighted by Gasteiger charge is -2.19. The van der Waals surface area contributed by atoms with Gasteiger partial charge in [-0.05, 0) is 25.8 Å². The summed E-state index contributed by atoms with van der Waals surface area (Å²) in [7, 11) is 0. The zero-order valence-corrected chi connectivity index (χ0v) is 9.49. The van der Waals surface area contributed by atoms with Crippen LogP contribution < -0.4 is 5.32 Å². The van der Waals surface area contributed by atoms with E-state index in [1.54, 1.807) is 0 Å². The predicted molar refractivity (Wildman–Crippen MR) is 57.6 cm³/mol. The van der Waals surface area contributed by atoms with Crippen molar-refractivity contribution in [2.75, 3.05) is 6.54 Å². The number of nitrogens with zero attached hydrogens (tertiary/aromatic N) is 2. The molecular formula is C11H19N3O. The van der Waals surface area contributed by atoms with Gasteiger partial charge in [0.05, 0.1) is 6.04 Å². The Bertz CT molecular complexity index is 305. The van der Waals surface area contributed by atoms with Crippen LogP contribution in [0.4, 0.5) is 0 Å². The Labute approximate surface area is 90.4 Å². The minimum absolute atomic E-state index is 0.282. The molecule has 0 amide bonds. The maximum atomic E-state index is 5.30. The van der Waals surface area contributed by atoms with Crippen molar-refractivity contribution < 1.29 is 4.52 Å². The second-order valence-electron chi connectivity index (χ2n) is 4.30. The van der Waals surface area contributed by atoms with E-state index in [-0.39, 0.29) is 6.04 Å². The van der Waals surface area contributed by atoms with E-state index in [1.165, 1.54) is 12.8 Å². The van der Waals surface area contributed by atoms with E-state index in [0.29, 0.717) is 5.92 Å². The first-order valence-electron chi connectivity index (χ1n) is 5.88. The topological polar surface area (TPSA) is 51.0 Å². The van der Waals surface area contributed by atoms with Gasteiger partial charge in [0.2, 0.25) is 5.89 Å². The molecule has 0 radical (unpaired) electrons. The van der Waals surface area contributed by atoms with Crippen molar-refractivity contribution in [3.8, 4) is 0 Å². The van der Waals surface area contributed by atoms with Crippen LogP contribution in [0.2, 0.25) is 0 Å². The van der Waals surface area contributed by atoms with Gasteiger partial charge in [-0.2, -0.15) is 4.98 Å². The highest BCUT2D eigenvalue weighted by Gasteiger charge is 2.21. The highest BCUT2D eigenvalue weighted by Crippen LogP contribution is 2.23. The van der Waals surface area contributed by atoms with Gasteiger partial charge >= 0.3 is 0 Å². The van der Waals surface area contributed by atoms with Crippen LogP contribution in [0, 0.1) is 0 Å². The standard InChI is InChI=1S/C11H19N3O/c1-3-8(2)10-13-11(15-14-10)9-6-4-5-7-12-9/h8-9,12H,3-7H2,1-2H3/t8-,9-/m0/s1. The Kier molecular flexibility index (Phi) is 3.36. The summed E-state index contributed by atoms with van der Waals surface area (Å²) >= 11 is 0. The van der Waals surface area contributed by atoms with Gasteiger partial charge < -0.3 is 9.84 Å². The molecule has 1 saturated heterocycles. The molecule has 1 aromatic rings. The van der Waals surface area contributed by atoms with Crippen LogP contribution in [0.25, 0.3) is 0 Å². The molecule has 2 heterocycles. The summed E-state index contributed by atoms with van der Waals surface area (Å²) in [6.07, 6.45) is 4.67. The molecule has 0 bridgehead atoms. The molecule has 15 heavy (non-hydrogen) atoms. The van der Waals surface area contributed by atoms with E-state index in [2.05, 4.69) is 29.3 Å². The van der Waals surface area contributed by atoms with Crippen molar-refractivity contribution in [3.05, 3.63) is 11.7 Å². The van der Waals surface area contributed by atoms with Crippen LogP contribution >= 0.6 is 0 Å². The lowest BCUT2D eigenvalue weighted by molar-refractivity contribution is 0.295. The van der Waals surface area contributed by atoms with Crippen molar-refractivity contribution in [1.82, 2.24) is 15.5 Å². The number of piperidine rings is 1. The van der Waals surface area contributed by atoms with Crippen LogP contribution in [-0.4, -0.2) is 16.7 Å². The zero-order chi connectivity index (χ0) is 10.7. The van der Waals surface area contributed by atoms with Crippen LogP contribution in [0.1, 0.15) is 63.2 Å². The minimum Gasteiger partial charge on any atom is -0.338 e. The fourth-order valence-corrected chi connectivity index (χ4v) is 1.83. The Morgan fingerprint density at radius 3 is 3.07 bits per heavy atom. The monoisotopic (exact) mass is 209 g/mol. The van der Waals surface area contributed by atoms with Crippen molar-refractivity contribution in [2.24, 2.45) is 0 Å². The molecule has 0 saturated carbocycles. The summed E-state index contributed by atoms with van der Waals surface area (Å²) in [4.78, 5) is 4.46. The number of aromatic nitrogens is 2.